The van der Waals surface area contributed by atoms with Crippen LogP contribution in [0.5, 0.6) is 5.75 Å². The Bertz CT molecular complexity index is 350. The lowest BCUT2D eigenvalue weighted by molar-refractivity contribution is 0.0623. The van der Waals surface area contributed by atoms with Gasteiger partial charge in [0.05, 0.1) is 0 Å². The number of phenolic OH excluding ortho intramolecular Hbond substituents is 1. The molecule has 0 spiro atoms. The van der Waals surface area contributed by atoms with Crippen molar-refractivity contribution < 1.29 is 5.11 Å². The molecule has 17 heavy (non-hydrogen) atoms. The predicted molar refractivity (Wildman–Crippen MR) is 71.1 cm³/mol. The zero-order valence-electron chi connectivity index (χ0n) is 11.1. The van der Waals surface area contributed by atoms with Crippen LogP contribution in [0, 0.1) is 0 Å². The Kier molecular flexibility index (Phi) is 3.72. The standard InChI is InChI=1S/C15H23NO/c1-11-5-4-6-12(2)16(11)13(3)14-7-9-15(17)10-8-14/h7-13,17H,4-6H2,1-3H3/t11-,12+,13?. The molecule has 1 saturated heterocycles. The Morgan fingerprint density at radius 3 is 2.18 bits per heavy atom. The lowest BCUT2D eigenvalue weighted by Crippen LogP contribution is -2.45. The molecule has 1 aromatic carbocycles. The fourth-order valence-corrected chi connectivity index (χ4v) is 3.13. The average Bonchev–Trinajstić information content (AvgIpc) is 2.29. The van der Waals surface area contributed by atoms with Gasteiger partial charge in [-0.15, -0.1) is 0 Å². The highest BCUT2D eigenvalue weighted by atomic mass is 16.3. The zero-order chi connectivity index (χ0) is 12.4. The van der Waals surface area contributed by atoms with Gasteiger partial charge in [-0.3, -0.25) is 4.90 Å². The van der Waals surface area contributed by atoms with Crippen LogP contribution in [0.3, 0.4) is 0 Å². The summed E-state index contributed by atoms with van der Waals surface area (Å²) < 4.78 is 0. The molecule has 2 heteroatoms. The van der Waals surface area contributed by atoms with E-state index in [1.807, 2.05) is 12.1 Å². The average molecular weight is 233 g/mol. The second kappa shape index (κ2) is 5.09. The number of phenols is 1. The van der Waals surface area contributed by atoms with Crippen LogP contribution < -0.4 is 0 Å². The van der Waals surface area contributed by atoms with Crippen molar-refractivity contribution in [3.05, 3.63) is 29.8 Å². The van der Waals surface area contributed by atoms with Gasteiger partial charge < -0.3 is 5.11 Å². The van der Waals surface area contributed by atoms with Crippen molar-refractivity contribution in [2.45, 2.75) is 58.2 Å². The first kappa shape index (κ1) is 12.4. The molecule has 0 aliphatic carbocycles. The SMILES string of the molecule is CC(c1ccc(O)cc1)N1[C@H](C)CCC[C@@H]1C. The molecule has 1 N–H and O–H groups in total. The van der Waals surface area contributed by atoms with Gasteiger partial charge in [0.1, 0.15) is 5.75 Å². The summed E-state index contributed by atoms with van der Waals surface area (Å²) in [5.74, 6) is 0.348. The van der Waals surface area contributed by atoms with Crippen molar-refractivity contribution in [2.24, 2.45) is 0 Å². The fraction of sp³-hybridized carbons (Fsp3) is 0.600. The van der Waals surface area contributed by atoms with Gasteiger partial charge in [-0.2, -0.15) is 0 Å². The number of piperidine rings is 1. The van der Waals surface area contributed by atoms with E-state index in [-0.39, 0.29) is 0 Å². The molecule has 3 atom stereocenters. The van der Waals surface area contributed by atoms with E-state index in [1.54, 1.807) is 12.1 Å². The van der Waals surface area contributed by atoms with Crippen molar-refractivity contribution >= 4 is 0 Å². The smallest absolute Gasteiger partial charge is 0.115 e. The molecule has 1 heterocycles. The number of benzene rings is 1. The lowest BCUT2D eigenvalue weighted by Gasteiger charge is -2.43. The number of nitrogens with zero attached hydrogens (tertiary/aromatic N) is 1. The van der Waals surface area contributed by atoms with E-state index in [2.05, 4.69) is 25.7 Å². The van der Waals surface area contributed by atoms with Crippen molar-refractivity contribution in [1.29, 1.82) is 0 Å². The van der Waals surface area contributed by atoms with Gasteiger partial charge in [0.15, 0.2) is 0 Å². The summed E-state index contributed by atoms with van der Waals surface area (Å²) in [4.78, 5) is 2.61. The molecule has 1 fully saturated rings. The van der Waals surface area contributed by atoms with Gasteiger partial charge in [0, 0.05) is 18.1 Å². The van der Waals surface area contributed by atoms with Crippen LogP contribution in [0.2, 0.25) is 0 Å². The topological polar surface area (TPSA) is 23.5 Å². The van der Waals surface area contributed by atoms with Gasteiger partial charge in [-0.1, -0.05) is 18.6 Å². The molecular formula is C15H23NO. The second-order valence-electron chi connectivity index (χ2n) is 5.34. The third kappa shape index (κ3) is 2.63. The Morgan fingerprint density at radius 1 is 1.12 bits per heavy atom. The van der Waals surface area contributed by atoms with Crippen LogP contribution in [0.25, 0.3) is 0 Å². The largest absolute Gasteiger partial charge is 0.508 e. The molecule has 0 aromatic heterocycles. The molecule has 0 bridgehead atoms. The van der Waals surface area contributed by atoms with Gasteiger partial charge in [-0.05, 0) is 51.3 Å². The van der Waals surface area contributed by atoms with Crippen molar-refractivity contribution in [3.63, 3.8) is 0 Å². The van der Waals surface area contributed by atoms with Crippen molar-refractivity contribution in [2.75, 3.05) is 0 Å². The molecule has 2 rings (SSSR count). The maximum atomic E-state index is 9.34. The summed E-state index contributed by atoms with van der Waals surface area (Å²) in [7, 11) is 0. The van der Waals surface area contributed by atoms with Crippen LogP contribution in [-0.2, 0) is 0 Å². The zero-order valence-corrected chi connectivity index (χ0v) is 11.1. The Labute approximate surface area is 104 Å². The first-order valence-corrected chi connectivity index (χ1v) is 6.66. The highest BCUT2D eigenvalue weighted by Gasteiger charge is 2.29. The Morgan fingerprint density at radius 2 is 1.65 bits per heavy atom. The van der Waals surface area contributed by atoms with Crippen LogP contribution in [0.15, 0.2) is 24.3 Å². The molecule has 1 aliphatic rings. The summed E-state index contributed by atoms with van der Waals surface area (Å²) >= 11 is 0. The molecule has 0 radical (unpaired) electrons. The maximum absolute atomic E-state index is 9.34. The minimum absolute atomic E-state index is 0.348. The first-order valence-electron chi connectivity index (χ1n) is 6.66. The van der Waals surface area contributed by atoms with Gasteiger partial charge in [0.2, 0.25) is 0 Å². The number of hydrogen-bond acceptors (Lipinski definition) is 2. The van der Waals surface area contributed by atoms with E-state index in [0.29, 0.717) is 23.9 Å². The van der Waals surface area contributed by atoms with E-state index in [4.69, 9.17) is 0 Å². The minimum Gasteiger partial charge on any atom is -0.508 e. The minimum atomic E-state index is 0.348. The second-order valence-corrected chi connectivity index (χ2v) is 5.34. The van der Waals surface area contributed by atoms with E-state index in [0.717, 1.165) is 0 Å². The molecule has 1 unspecified atom stereocenters. The molecule has 2 nitrogen and oxygen atoms in total. The normalized spacial score (nSPS) is 27.9. The van der Waals surface area contributed by atoms with Crippen molar-refractivity contribution in [1.82, 2.24) is 4.90 Å². The number of hydrogen-bond donors (Lipinski definition) is 1. The molecule has 1 aromatic rings. The summed E-state index contributed by atoms with van der Waals surface area (Å²) in [5.41, 5.74) is 1.29. The van der Waals surface area contributed by atoms with Crippen molar-refractivity contribution in [3.8, 4) is 5.75 Å². The summed E-state index contributed by atoms with van der Waals surface area (Å²) in [6.45, 7) is 6.92. The van der Waals surface area contributed by atoms with Crippen LogP contribution in [-0.4, -0.2) is 22.1 Å². The van der Waals surface area contributed by atoms with Crippen LogP contribution >= 0.6 is 0 Å². The summed E-state index contributed by atoms with van der Waals surface area (Å²) in [5, 5.41) is 9.34. The molecule has 1 aliphatic heterocycles. The van der Waals surface area contributed by atoms with E-state index in [1.165, 1.54) is 24.8 Å². The highest BCUT2D eigenvalue weighted by Crippen LogP contribution is 2.32. The quantitative estimate of drug-likeness (QED) is 0.841. The summed E-state index contributed by atoms with van der Waals surface area (Å²) in [6.07, 6.45) is 3.95. The predicted octanol–water partition coefficient (Wildman–Crippen LogP) is 3.72. The van der Waals surface area contributed by atoms with E-state index < -0.39 is 0 Å². The Balaban J connectivity index is 2.17. The fourth-order valence-electron chi connectivity index (χ4n) is 3.13. The first-order chi connectivity index (χ1) is 8.09. The van der Waals surface area contributed by atoms with Crippen LogP contribution in [0.4, 0.5) is 0 Å². The molecule has 0 amide bonds. The lowest BCUT2D eigenvalue weighted by atomic mass is 9.93. The van der Waals surface area contributed by atoms with E-state index >= 15 is 0 Å². The maximum Gasteiger partial charge on any atom is 0.115 e. The van der Waals surface area contributed by atoms with Gasteiger partial charge in [0.25, 0.3) is 0 Å². The number of rotatable bonds is 2. The molecule has 0 saturated carbocycles. The molecular weight excluding hydrogens is 210 g/mol. The molecule has 94 valence electrons. The Hall–Kier alpha value is -1.02. The van der Waals surface area contributed by atoms with E-state index in [9.17, 15) is 5.11 Å². The third-order valence-corrected chi connectivity index (χ3v) is 4.08. The monoisotopic (exact) mass is 233 g/mol. The van der Waals surface area contributed by atoms with Crippen LogP contribution in [0.1, 0.15) is 51.6 Å². The highest BCUT2D eigenvalue weighted by molar-refractivity contribution is 5.28. The van der Waals surface area contributed by atoms with Gasteiger partial charge >= 0.3 is 0 Å². The summed E-state index contributed by atoms with van der Waals surface area (Å²) in [6, 6.07) is 9.38. The number of aromatic hydroxyl groups is 1. The van der Waals surface area contributed by atoms with Gasteiger partial charge in [-0.25, -0.2) is 0 Å². The third-order valence-electron chi connectivity index (χ3n) is 4.08. The number of likely N-dealkylation sites (tertiary alicyclic amines) is 1.